The van der Waals surface area contributed by atoms with E-state index in [1.165, 1.54) is 19.3 Å². The first-order valence-electron chi connectivity index (χ1n) is 6.20. The Morgan fingerprint density at radius 1 is 1.71 bits per heavy atom. The molecule has 3 nitrogen and oxygen atoms in total. The van der Waals surface area contributed by atoms with E-state index in [2.05, 4.69) is 15.8 Å². The Morgan fingerprint density at radius 2 is 2.47 bits per heavy atom. The van der Waals surface area contributed by atoms with Gasteiger partial charge in [-0.3, -0.25) is 4.79 Å². The Morgan fingerprint density at radius 3 is 3.00 bits per heavy atom. The van der Waals surface area contributed by atoms with Gasteiger partial charge in [-0.2, -0.15) is 0 Å². The van der Waals surface area contributed by atoms with Crippen LogP contribution >= 0.6 is 0 Å². The zero-order valence-electron chi connectivity index (χ0n) is 10.1. The van der Waals surface area contributed by atoms with Crippen LogP contribution in [0, 0.1) is 12.3 Å². The number of rotatable bonds is 4. The molecule has 1 atom stereocenters. The summed E-state index contributed by atoms with van der Waals surface area (Å²) in [5.41, 5.74) is 0.725. The van der Waals surface area contributed by atoms with E-state index >= 15 is 0 Å². The van der Waals surface area contributed by atoms with Crippen molar-refractivity contribution in [1.82, 2.24) is 9.88 Å². The fraction of sp³-hybridized carbons (Fsp3) is 0.500. The largest absolute Gasteiger partial charge is 0.340 e. The third kappa shape index (κ3) is 2.36. The topological polar surface area (TPSA) is 34.0 Å². The number of terminal acetylenes is 1. The smallest absolute Gasteiger partial charge is 0.268 e. The van der Waals surface area contributed by atoms with Crippen LogP contribution in [-0.2, 0) is 0 Å². The van der Waals surface area contributed by atoms with E-state index in [1.807, 2.05) is 25.3 Å². The minimum atomic E-state index is -0.174. The Kier molecular flexibility index (Phi) is 3.53. The fourth-order valence-electron chi connectivity index (χ4n) is 2.06. The SMILES string of the molecule is C#CC(CC)NC(=O)c1cccn1C1CCC1. The van der Waals surface area contributed by atoms with Gasteiger partial charge in [0.15, 0.2) is 0 Å². The Bertz CT molecular complexity index is 437. The summed E-state index contributed by atoms with van der Waals surface area (Å²) in [5.74, 6) is 2.52. The molecule has 90 valence electrons. The van der Waals surface area contributed by atoms with Gasteiger partial charge in [0.2, 0.25) is 0 Å². The lowest BCUT2D eigenvalue weighted by atomic mass is 9.93. The van der Waals surface area contributed by atoms with E-state index < -0.39 is 0 Å². The molecule has 1 heterocycles. The number of amides is 1. The monoisotopic (exact) mass is 230 g/mol. The van der Waals surface area contributed by atoms with Gasteiger partial charge in [-0.1, -0.05) is 12.8 Å². The third-order valence-corrected chi connectivity index (χ3v) is 3.39. The summed E-state index contributed by atoms with van der Waals surface area (Å²) in [7, 11) is 0. The minimum Gasteiger partial charge on any atom is -0.340 e. The molecule has 1 N–H and O–H groups in total. The molecule has 0 saturated heterocycles. The zero-order chi connectivity index (χ0) is 12.3. The molecule has 1 amide bonds. The number of carbonyl (C=O) groups excluding carboxylic acids is 1. The maximum Gasteiger partial charge on any atom is 0.268 e. The maximum absolute atomic E-state index is 12.1. The lowest BCUT2D eigenvalue weighted by Gasteiger charge is -2.29. The normalized spacial score (nSPS) is 16.9. The van der Waals surface area contributed by atoms with Gasteiger partial charge in [-0.25, -0.2) is 0 Å². The molecule has 0 radical (unpaired) electrons. The number of nitrogens with zero attached hydrogens (tertiary/aromatic N) is 1. The molecular weight excluding hydrogens is 212 g/mol. The van der Waals surface area contributed by atoms with Gasteiger partial charge in [-0.15, -0.1) is 6.42 Å². The maximum atomic E-state index is 12.1. The van der Waals surface area contributed by atoms with Gasteiger partial charge in [0.05, 0.1) is 6.04 Å². The second-order valence-electron chi connectivity index (χ2n) is 4.49. The van der Waals surface area contributed by atoms with Crippen molar-refractivity contribution in [3.8, 4) is 12.3 Å². The van der Waals surface area contributed by atoms with Crippen LogP contribution in [-0.4, -0.2) is 16.5 Å². The predicted molar refractivity (Wildman–Crippen MR) is 67.7 cm³/mol. The van der Waals surface area contributed by atoms with Crippen LogP contribution in [0.3, 0.4) is 0 Å². The average molecular weight is 230 g/mol. The Labute approximate surface area is 102 Å². The first kappa shape index (κ1) is 11.8. The minimum absolute atomic E-state index is 0.0632. The standard InChI is InChI=1S/C14H18N2O/c1-3-11(4-2)15-14(17)13-9-6-10-16(13)12-7-5-8-12/h1,6,9-12H,4-5,7-8H2,2H3,(H,15,17). The van der Waals surface area contributed by atoms with Gasteiger partial charge in [0.1, 0.15) is 5.69 Å². The summed E-state index contributed by atoms with van der Waals surface area (Å²) in [6, 6.07) is 4.10. The summed E-state index contributed by atoms with van der Waals surface area (Å²) < 4.78 is 2.07. The molecule has 0 aromatic carbocycles. The van der Waals surface area contributed by atoms with E-state index in [1.54, 1.807) is 0 Å². The van der Waals surface area contributed by atoms with Crippen LogP contribution in [0.25, 0.3) is 0 Å². The highest BCUT2D eigenvalue weighted by Crippen LogP contribution is 2.32. The van der Waals surface area contributed by atoms with E-state index in [9.17, 15) is 4.79 Å². The molecule has 17 heavy (non-hydrogen) atoms. The second kappa shape index (κ2) is 5.09. The van der Waals surface area contributed by atoms with Crippen molar-refractivity contribution in [2.24, 2.45) is 0 Å². The van der Waals surface area contributed by atoms with Gasteiger partial charge in [0, 0.05) is 12.2 Å². The molecule has 1 unspecified atom stereocenters. The van der Waals surface area contributed by atoms with E-state index in [0.29, 0.717) is 6.04 Å². The first-order valence-corrected chi connectivity index (χ1v) is 6.20. The van der Waals surface area contributed by atoms with E-state index in [0.717, 1.165) is 12.1 Å². The number of hydrogen-bond donors (Lipinski definition) is 1. The number of nitrogens with one attached hydrogen (secondary N) is 1. The van der Waals surface area contributed by atoms with Gasteiger partial charge in [0.25, 0.3) is 5.91 Å². The highest BCUT2D eigenvalue weighted by molar-refractivity contribution is 5.93. The van der Waals surface area contributed by atoms with Crippen LogP contribution in [0.1, 0.15) is 49.1 Å². The molecule has 0 aliphatic heterocycles. The zero-order valence-corrected chi connectivity index (χ0v) is 10.1. The lowest BCUT2D eigenvalue weighted by Crippen LogP contribution is -2.35. The van der Waals surface area contributed by atoms with Crippen LogP contribution in [0.15, 0.2) is 18.3 Å². The van der Waals surface area contributed by atoms with E-state index in [4.69, 9.17) is 6.42 Å². The van der Waals surface area contributed by atoms with Crippen molar-refractivity contribution in [1.29, 1.82) is 0 Å². The molecule has 3 heteroatoms. The van der Waals surface area contributed by atoms with Crippen LogP contribution < -0.4 is 5.32 Å². The van der Waals surface area contributed by atoms with Gasteiger partial charge >= 0.3 is 0 Å². The van der Waals surface area contributed by atoms with Crippen molar-refractivity contribution < 1.29 is 4.79 Å². The molecule has 1 fully saturated rings. The van der Waals surface area contributed by atoms with Gasteiger partial charge in [-0.05, 0) is 37.8 Å². The second-order valence-corrected chi connectivity index (χ2v) is 4.49. The summed E-state index contributed by atoms with van der Waals surface area (Å²) in [5, 5.41) is 2.87. The first-order chi connectivity index (χ1) is 8.26. The number of aromatic nitrogens is 1. The molecule has 2 rings (SSSR count). The van der Waals surface area contributed by atoms with Crippen molar-refractivity contribution in [3.05, 3.63) is 24.0 Å². The van der Waals surface area contributed by atoms with Crippen molar-refractivity contribution in [3.63, 3.8) is 0 Å². The molecule has 0 spiro atoms. The molecule has 1 saturated carbocycles. The van der Waals surface area contributed by atoms with Crippen LogP contribution in [0.4, 0.5) is 0 Å². The highest BCUT2D eigenvalue weighted by Gasteiger charge is 2.23. The Balaban J connectivity index is 2.09. The molecule has 1 aliphatic rings. The fourth-order valence-corrected chi connectivity index (χ4v) is 2.06. The molecule has 1 aromatic rings. The average Bonchev–Trinajstić information content (AvgIpc) is 2.72. The lowest BCUT2D eigenvalue weighted by molar-refractivity contribution is 0.0930. The van der Waals surface area contributed by atoms with Crippen molar-refractivity contribution >= 4 is 5.91 Å². The quantitative estimate of drug-likeness (QED) is 0.792. The summed E-state index contributed by atoms with van der Waals surface area (Å²) in [6.45, 7) is 1.97. The van der Waals surface area contributed by atoms with Crippen molar-refractivity contribution in [2.45, 2.75) is 44.7 Å². The summed E-state index contributed by atoms with van der Waals surface area (Å²) in [4.78, 5) is 12.1. The van der Waals surface area contributed by atoms with Crippen LogP contribution in [0.2, 0.25) is 0 Å². The summed E-state index contributed by atoms with van der Waals surface area (Å²) >= 11 is 0. The molecular formula is C14H18N2O. The third-order valence-electron chi connectivity index (χ3n) is 3.39. The van der Waals surface area contributed by atoms with Crippen LogP contribution in [0.5, 0.6) is 0 Å². The molecule has 0 bridgehead atoms. The summed E-state index contributed by atoms with van der Waals surface area (Å²) in [6.07, 6.45) is 11.7. The van der Waals surface area contributed by atoms with E-state index in [-0.39, 0.29) is 11.9 Å². The highest BCUT2D eigenvalue weighted by atomic mass is 16.2. The number of hydrogen-bond acceptors (Lipinski definition) is 1. The van der Waals surface area contributed by atoms with Gasteiger partial charge < -0.3 is 9.88 Å². The molecule has 1 aliphatic carbocycles. The molecule has 1 aromatic heterocycles. The Hall–Kier alpha value is -1.69. The predicted octanol–water partition coefficient (Wildman–Crippen LogP) is 2.35. The van der Waals surface area contributed by atoms with Crippen molar-refractivity contribution in [2.75, 3.05) is 0 Å². The number of carbonyl (C=O) groups is 1.